The summed E-state index contributed by atoms with van der Waals surface area (Å²) < 4.78 is 0. The van der Waals surface area contributed by atoms with Gasteiger partial charge in [-0.25, -0.2) is 0 Å². The minimum absolute atomic E-state index is 0.483. The number of hydrogen-bond acceptors (Lipinski definition) is 2. The lowest BCUT2D eigenvalue weighted by atomic mass is 10.0. The Balaban J connectivity index is 1.94. The largest absolute Gasteiger partial charge is 0.399 e. The molecule has 1 unspecified atom stereocenters. The van der Waals surface area contributed by atoms with Crippen LogP contribution in [0, 0.1) is 13.8 Å². The van der Waals surface area contributed by atoms with Gasteiger partial charge in [-0.3, -0.25) is 0 Å². The Labute approximate surface area is 121 Å². The molecule has 2 N–H and O–H groups in total. The minimum Gasteiger partial charge on any atom is -0.399 e. The van der Waals surface area contributed by atoms with Crippen molar-refractivity contribution in [1.29, 1.82) is 0 Å². The van der Waals surface area contributed by atoms with Crippen LogP contribution < -0.4 is 10.6 Å². The van der Waals surface area contributed by atoms with Crippen LogP contribution in [0.1, 0.15) is 35.6 Å². The minimum atomic E-state index is 0.483. The zero-order valence-electron chi connectivity index (χ0n) is 12.3. The van der Waals surface area contributed by atoms with Crippen LogP contribution in [-0.4, -0.2) is 6.54 Å². The number of anilines is 2. The van der Waals surface area contributed by atoms with Gasteiger partial charge in [0.05, 0.1) is 6.04 Å². The third-order valence-electron chi connectivity index (χ3n) is 4.24. The van der Waals surface area contributed by atoms with E-state index in [0.717, 1.165) is 12.2 Å². The highest BCUT2D eigenvalue weighted by atomic mass is 15.2. The summed E-state index contributed by atoms with van der Waals surface area (Å²) in [4.78, 5) is 2.54. The first-order chi connectivity index (χ1) is 9.65. The molecule has 1 aliphatic rings. The molecular formula is C18H22N2. The lowest BCUT2D eigenvalue weighted by molar-refractivity contribution is 0.718. The fraction of sp³-hybridized carbons (Fsp3) is 0.333. The van der Waals surface area contributed by atoms with Crippen molar-refractivity contribution in [3.63, 3.8) is 0 Å². The Kier molecular flexibility index (Phi) is 3.39. The van der Waals surface area contributed by atoms with Crippen molar-refractivity contribution in [2.75, 3.05) is 17.2 Å². The van der Waals surface area contributed by atoms with Crippen LogP contribution in [0.5, 0.6) is 0 Å². The van der Waals surface area contributed by atoms with Crippen molar-refractivity contribution >= 4 is 11.4 Å². The molecule has 0 aromatic heterocycles. The Morgan fingerprint density at radius 3 is 2.50 bits per heavy atom. The summed E-state index contributed by atoms with van der Waals surface area (Å²) in [6.45, 7) is 5.50. The van der Waals surface area contributed by atoms with Gasteiger partial charge in [0.15, 0.2) is 0 Å². The predicted octanol–water partition coefficient (Wildman–Crippen LogP) is 4.23. The van der Waals surface area contributed by atoms with Crippen molar-refractivity contribution in [1.82, 2.24) is 0 Å². The maximum atomic E-state index is 5.80. The van der Waals surface area contributed by atoms with Gasteiger partial charge in [0, 0.05) is 17.9 Å². The fourth-order valence-electron chi connectivity index (χ4n) is 3.25. The van der Waals surface area contributed by atoms with E-state index in [1.807, 2.05) is 12.1 Å². The summed E-state index contributed by atoms with van der Waals surface area (Å²) in [6, 6.07) is 15.6. The first kappa shape index (κ1) is 13.0. The standard InChI is InChI=1S/C18H22N2/c1-13-5-10-17(14(2)12-13)20-11-3-4-18(20)15-6-8-16(19)9-7-15/h5-10,12,18H,3-4,11,19H2,1-2H3. The van der Waals surface area contributed by atoms with Crippen LogP contribution in [0.2, 0.25) is 0 Å². The molecular weight excluding hydrogens is 244 g/mol. The lowest BCUT2D eigenvalue weighted by Gasteiger charge is -2.29. The van der Waals surface area contributed by atoms with E-state index >= 15 is 0 Å². The number of aryl methyl sites for hydroxylation is 2. The lowest BCUT2D eigenvalue weighted by Crippen LogP contribution is -2.23. The van der Waals surface area contributed by atoms with Crippen molar-refractivity contribution in [2.24, 2.45) is 0 Å². The molecule has 0 saturated carbocycles. The van der Waals surface area contributed by atoms with Gasteiger partial charge in [-0.2, -0.15) is 0 Å². The summed E-state index contributed by atoms with van der Waals surface area (Å²) in [5.74, 6) is 0. The van der Waals surface area contributed by atoms with E-state index in [1.165, 1.54) is 35.2 Å². The van der Waals surface area contributed by atoms with E-state index in [9.17, 15) is 0 Å². The number of rotatable bonds is 2. The van der Waals surface area contributed by atoms with Gasteiger partial charge >= 0.3 is 0 Å². The second-order valence-electron chi connectivity index (χ2n) is 5.81. The molecule has 3 rings (SSSR count). The monoisotopic (exact) mass is 266 g/mol. The van der Waals surface area contributed by atoms with Gasteiger partial charge in [0.2, 0.25) is 0 Å². The molecule has 0 radical (unpaired) electrons. The van der Waals surface area contributed by atoms with Crippen LogP contribution >= 0.6 is 0 Å². The summed E-state index contributed by atoms with van der Waals surface area (Å²) in [5.41, 5.74) is 12.1. The first-order valence-corrected chi connectivity index (χ1v) is 7.34. The maximum absolute atomic E-state index is 5.80. The average molecular weight is 266 g/mol. The van der Waals surface area contributed by atoms with Crippen LogP contribution in [-0.2, 0) is 0 Å². The second-order valence-corrected chi connectivity index (χ2v) is 5.81. The molecule has 1 saturated heterocycles. The van der Waals surface area contributed by atoms with Crippen molar-refractivity contribution in [3.05, 3.63) is 59.2 Å². The molecule has 0 amide bonds. The highest BCUT2D eigenvalue weighted by Crippen LogP contribution is 2.37. The quantitative estimate of drug-likeness (QED) is 0.824. The summed E-state index contributed by atoms with van der Waals surface area (Å²) in [7, 11) is 0. The molecule has 1 heterocycles. The van der Waals surface area contributed by atoms with Gasteiger partial charge in [-0.15, -0.1) is 0 Å². The fourth-order valence-corrected chi connectivity index (χ4v) is 3.25. The third kappa shape index (κ3) is 2.38. The third-order valence-corrected chi connectivity index (χ3v) is 4.24. The molecule has 2 heteroatoms. The Morgan fingerprint density at radius 2 is 1.80 bits per heavy atom. The average Bonchev–Trinajstić information content (AvgIpc) is 2.88. The van der Waals surface area contributed by atoms with Crippen LogP contribution in [0.15, 0.2) is 42.5 Å². The highest BCUT2D eigenvalue weighted by molar-refractivity contribution is 5.57. The predicted molar refractivity (Wildman–Crippen MR) is 86.1 cm³/mol. The van der Waals surface area contributed by atoms with Gasteiger partial charge in [-0.05, 0) is 56.0 Å². The van der Waals surface area contributed by atoms with Crippen LogP contribution in [0.25, 0.3) is 0 Å². The van der Waals surface area contributed by atoms with E-state index < -0.39 is 0 Å². The number of nitrogens with zero attached hydrogens (tertiary/aromatic N) is 1. The highest BCUT2D eigenvalue weighted by Gasteiger charge is 2.26. The molecule has 104 valence electrons. The van der Waals surface area contributed by atoms with E-state index in [2.05, 4.69) is 49.1 Å². The molecule has 20 heavy (non-hydrogen) atoms. The number of nitrogen functional groups attached to an aromatic ring is 1. The van der Waals surface area contributed by atoms with E-state index in [1.54, 1.807) is 0 Å². The molecule has 0 bridgehead atoms. The summed E-state index contributed by atoms with van der Waals surface area (Å²) in [6.07, 6.45) is 2.47. The zero-order chi connectivity index (χ0) is 14.1. The smallest absolute Gasteiger partial charge is 0.0543 e. The first-order valence-electron chi connectivity index (χ1n) is 7.34. The van der Waals surface area contributed by atoms with Crippen molar-refractivity contribution in [2.45, 2.75) is 32.7 Å². The maximum Gasteiger partial charge on any atom is 0.0543 e. The molecule has 0 aliphatic carbocycles. The van der Waals surface area contributed by atoms with Crippen LogP contribution in [0.3, 0.4) is 0 Å². The normalized spacial score (nSPS) is 18.5. The Morgan fingerprint density at radius 1 is 1.05 bits per heavy atom. The SMILES string of the molecule is Cc1ccc(N2CCCC2c2ccc(N)cc2)c(C)c1. The van der Waals surface area contributed by atoms with E-state index in [-0.39, 0.29) is 0 Å². The molecule has 2 aromatic rings. The van der Waals surface area contributed by atoms with Gasteiger partial charge < -0.3 is 10.6 Å². The van der Waals surface area contributed by atoms with Gasteiger partial charge in [0.25, 0.3) is 0 Å². The van der Waals surface area contributed by atoms with Crippen molar-refractivity contribution in [3.8, 4) is 0 Å². The molecule has 1 fully saturated rings. The number of benzene rings is 2. The van der Waals surface area contributed by atoms with E-state index in [4.69, 9.17) is 5.73 Å². The number of nitrogens with two attached hydrogens (primary N) is 1. The van der Waals surface area contributed by atoms with Gasteiger partial charge in [0.1, 0.15) is 0 Å². The molecule has 2 aromatic carbocycles. The van der Waals surface area contributed by atoms with Crippen LogP contribution in [0.4, 0.5) is 11.4 Å². The van der Waals surface area contributed by atoms with Gasteiger partial charge in [-0.1, -0.05) is 29.8 Å². The summed E-state index contributed by atoms with van der Waals surface area (Å²) in [5, 5.41) is 0. The Hall–Kier alpha value is -1.96. The molecule has 1 atom stereocenters. The molecule has 1 aliphatic heterocycles. The Bertz CT molecular complexity index is 601. The second kappa shape index (κ2) is 5.20. The summed E-state index contributed by atoms with van der Waals surface area (Å²) >= 11 is 0. The molecule has 0 spiro atoms. The zero-order valence-corrected chi connectivity index (χ0v) is 12.3. The van der Waals surface area contributed by atoms with Crippen molar-refractivity contribution < 1.29 is 0 Å². The molecule has 2 nitrogen and oxygen atoms in total. The topological polar surface area (TPSA) is 29.3 Å². The van der Waals surface area contributed by atoms with E-state index in [0.29, 0.717) is 6.04 Å². The number of hydrogen-bond donors (Lipinski definition) is 1.